The Morgan fingerprint density at radius 3 is 3.03 bits per heavy atom. The van der Waals surface area contributed by atoms with Gasteiger partial charge < -0.3 is 14.8 Å². The summed E-state index contributed by atoms with van der Waals surface area (Å²) in [6.45, 7) is 6.90. The van der Waals surface area contributed by atoms with Crippen LogP contribution in [0.15, 0.2) is 28.0 Å². The van der Waals surface area contributed by atoms with Gasteiger partial charge in [-0.25, -0.2) is 4.98 Å². The highest BCUT2D eigenvalue weighted by Gasteiger charge is 2.35. The molecule has 1 amide bonds. The molecule has 2 aliphatic rings. The number of thiocarbonyl (C=S) groups is 1. The number of carbonyl (C=O) groups excluding carboxylic acids is 1. The van der Waals surface area contributed by atoms with Gasteiger partial charge >= 0.3 is 0 Å². The van der Waals surface area contributed by atoms with Gasteiger partial charge in [-0.15, -0.1) is 0 Å². The number of rotatable bonds is 9. The third-order valence-corrected chi connectivity index (χ3v) is 6.98. The number of nitrogens with zero attached hydrogens (tertiary/aromatic N) is 3. The highest BCUT2D eigenvalue weighted by molar-refractivity contribution is 8.26. The minimum atomic E-state index is -0.236. The van der Waals surface area contributed by atoms with Crippen LogP contribution in [-0.4, -0.2) is 63.5 Å². The highest BCUT2D eigenvalue weighted by Crippen LogP contribution is 2.34. The summed E-state index contributed by atoms with van der Waals surface area (Å²) in [5, 5.41) is 3.27. The van der Waals surface area contributed by atoms with E-state index in [4.69, 9.17) is 26.7 Å². The minimum Gasteiger partial charge on any atom is -0.382 e. The summed E-state index contributed by atoms with van der Waals surface area (Å²) >= 11 is 6.67. The van der Waals surface area contributed by atoms with Crippen LogP contribution < -0.4 is 10.9 Å². The largest absolute Gasteiger partial charge is 0.382 e. The molecule has 4 heterocycles. The summed E-state index contributed by atoms with van der Waals surface area (Å²) in [6, 6.07) is 3.72. The summed E-state index contributed by atoms with van der Waals surface area (Å²) in [4.78, 5) is 33.2. The molecule has 8 nitrogen and oxygen atoms in total. The number of anilines is 1. The Labute approximate surface area is 202 Å². The number of aromatic nitrogens is 2. The summed E-state index contributed by atoms with van der Waals surface area (Å²) in [5.74, 6) is 0.256. The number of ether oxygens (including phenoxy) is 2. The maximum Gasteiger partial charge on any atom is 0.267 e. The molecule has 0 aromatic carbocycles. The molecule has 0 saturated carbocycles. The van der Waals surface area contributed by atoms with Crippen LogP contribution in [0.3, 0.4) is 0 Å². The smallest absolute Gasteiger partial charge is 0.267 e. The van der Waals surface area contributed by atoms with E-state index in [0.717, 1.165) is 24.8 Å². The zero-order chi connectivity index (χ0) is 23.4. The number of hydrogen-bond donors (Lipinski definition) is 1. The average Bonchev–Trinajstić information content (AvgIpc) is 3.40. The molecule has 2 fully saturated rings. The van der Waals surface area contributed by atoms with Gasteiger partial charge in [0.25, 0.3) is 11.5 Å². The summed E-state index contributed by atoms with van der Waals surface area (Å²) in [5.41, 5.74) is 1.58. The van der Waals surface area contributed by atoms with E-state index in [0.29, 0.717) is 59.2 Å². The van der Waals surface area contributed by atoms with Crippen LogP contribution in [0.4, 0.5) is 5.82 Å². The first-order valence-corrected chi connectivity index (χ1v) is 12.4. The Hall–Kier alpha value is -2.27. The van der Waals surface area contributed by atoms with E-state index >= 15 is 0 Å². The van der Waals surface area contributed by atoms with Gasteiger partial charge in [-0.2, -0.15) is 0 Å². The average molecular weight is 489 g/mol. The maximum absolute atomic E-state index is 13.4. The fourth-order valence-corrected chi connectivity index (χ4v) is 5.14. The van der Waals surface area contributed by atoms with Gasteiger partial charge in [0.2, 0.25) is 0 Å². The minimum absolute atomic E-state index is 0.00496. The van der Waals surface area contributed by atoms with Crippen LogP contribution in [0.2, 0.25) is 0 Å². The number of fused-ring (bicyclic) bond motifs is 1. The second-order valence-corrected chi connectivity index (χ2v) is 9.64. The summed E-state index contributed by atoms with van der Waals surface area (Å²) in [7, 11) is 0. The lowest BCUT2D eigenvalue weighted by atomic mass is 10.2. The third-order valence-electron chi connectivity index (χ3n) is 5.61. The van der Waals surface area contributed by atoms with Crippen molar-refractivity contribution < 1.29 is 14.3 Å². The molecule has 0 bridgehead atoms. The topological polar surface area (TPSA) is 85.2 Å². The second kappa shape index (κ2) is 10.8. The summed E-state index contributed by atoms with van der Waals surface area (Å²) < 4.78 is 13.1. The van der Waals surface area contributed by atoms with Gasteiger partial charge in [0.05, 0.1) is 23.1 Å². The third kappa shape index (κ3) is 5.29. The number of pyridine rings is 1. The standard InChI is InChI=1S/C23H28N4O4S2/c1-3-30-11-6-9-24-19-17(21(28)26-10-4-7-15(2)20(26)25-19)13-18-22(29)27(23(32)33-18)14-16-8-5-12-31-16/h4,7,10,13,16,24H,3,5-6,8-9,11-12,14H2,1-2H3/b18-13+/t16-/m0/s1. The number of hydrogen-bond acceptors (Lipinski definition) is 8. The molecule has 0 radical (unpaired) electrons. The molecule has 176 valence electrons. The number of thioether (sulfide) groups is 1. The van der Waals surface area contributed by atoms with Crippen LogP contribution in [0.25, 0.3) is 11.7 Å². The second-order valence-electron chi connectivity index (χ2n) is 7.97. The van der Waals surface area contributed by atoms with Crippen molar-refractivity contribution >= 4 is 51.7 Å². The van der Waals surface area contributed by atoms with Crippen molar-refractivity contribution in [3.05, 3.63) is 44.7 Å². The molecule has 0 spiro atoms. The molecular formula is C23H28N4O4S2. The molecule has 0 aliphatic carbocycles. The lowest BCUT2D eigenvalue weighted by molar-refractivity contribution is -0.123. The van der Waals surface area contributed by atoms with Gasteiger partial charge in [-0.1, -0.05) is 30.0 Å². The fraction of sp³-hybridized carbons (Fsp3) is 0.478. The molecule has 2 saturated heterocycles. The zero-order valence-corrected chi connectivity index (χ0v) is 20.5. The van der Waals surface area contributed by atoms with Crippen molar-refractivity contribution in [3.63, 3.8) is 0 Å². The van der Waals surface area contributed by atoms with Crippen molar-refractivity contribution in [2.45, 2.75) is 39.2 Å². The monoisotopic (exact) mass is 488 g/mol. The molecule has 1 N–H and O–H groups in total. The lowest BCUT2D eigenvalue weighted by Crippen LogP contribution is -2.35. The first-order chi connectivity index (χ1) is 16.0. The molecule has 1 atom stereocenters. The molecule has 2 aromatic rings. The number of aryl methyl sites for hydroxylation is 1. The van der Waals surface area contributed by atoms with E-state index in [9.17, 15) is 9.59 Å². The molecule has 0 unspecified atom stereocenters. The Morgan fingerprint density at radius 1 is 1.42 bits per heavy atom. The quantitative estimate of drug-likeness (QED) is 0.327. The molecule has 2 aliphatic heterocycles. The van der Waals surface area contributed by atoms with Gasteiger partial charge in [-0.05, 0) is 50.8 Å². The van der Waals surface area contributed by atoms with Crippen LogP contribution in [0.5, 0.6) is 0 Å². The lowest BCUT2D eigenvalue weighted by Gasteiger charge is -2.18. The van der Waals surface area contributed by atoms with E-state index in [1.807, 2.05) is 26.0 Å². The van der Waals surface area contributed by atoms with Crippen LogP contribution in [0, 0.1) is 6.92 Å². The number of carbonyl (C=O) groups is 1. The summed E-state index contributed by atoms with van der Waals surface area (Å²) in [6.07, 6.45) is 5.99. The first kappa shape index (κ1) is 23.9. The predicted molar refractivity (Wildman–Crippen MR) is 135 cm³/mol. The van der Waals surface area contributed by atoms with Crippen LogP contribution >= 0.6 is 24.0 Å². The Bertz CT molecular complexity index is 1140. The van der Waals surface area contributed by atoms with E-state index in [2.05, 4.69) is 5.32 Å². The molecule has 10 heteroatoms. The number of amides is 1. The van der Waals surface area contributed by atoms with Gasteiger partial charge in [0.1, 0.15) is 15.8 Å². The Morgan fingerprint density at radius 2 is 2.27 bits per heavy atom. The molecule has 4 rings (SSSR count). The van der Waals surface area contributed by atoms with Crippen molar-refractivity contribution in [1.29, 1.82) is 0 Å². The molecule has 2 aromatic heterocycles. The highest BCUT2D eigenvalue weighted by atomic mass is 32.2. The fourth-order valence-electron chi connectivity index (χ4n) is 3.88. The van der Waals surface area contributed by atoms with E-state index in [1.54, 1.807) is 17.2 Å². The zero-order valence-electron chi connectivity index (χ0n) is 18.8. The molecular weight excluding hydrogens is 460 g/mol. The normalized spacial score (nSPS) is 19.9. The van der Waals surface area contributed by atoms with E-state index < -0.39 is 0 Å². The van der Waals surface area contributed by atoms with E-state index in [-0.39, 0.29) is 17.6 Å². The maximum atomic E-state index is 13.4. The SMILES string of the molecule is CCOCCCNc1nc2c(C)cccn2c(=O)c1/C=C1/SC(=S)N(C[C@@H]2CCCO2)C1=O. The Kier molecular flexibility index (Phi) is 7.79. The molecule has 33 heavy (non-hydrogen) atoms. The van der Waals surface area contributed by atoms with E-state index in [1.165, 1.54) is 16.2 Å². The van der Waals surface area contributed by atoms with Crippen LogP contribution in [-0.2, 0) is 14.3 Å². The Balaban J connectivity index is 1.66. The van der Waals surface area contributed by atoms with Crippen molar-refractivity contribution in [1.82, 2.24) is 14.3 Å². The van der Waals surface area contributed by atoms with Gasteiger partial charge in [-0.3, -0.25) is 18.9 Å². The number of nitrogens with one attached hydrogen (secondary N) is 1. The van der Waals surface area contributed by atoms with Crippen molar-refractivity contribution in [3.8, 4) is 0 Å². The van der Waals surface area contributed by atoms with Crippen LogP contribution in [0.1, 0.15) is 37.3 Å². The first-order valence-electron chi connectivity index (χ1n) is 11.2. The van der Waals surface area contributed by atoms with Gasteiger partial charge in [0.15, 0.2) is 0 Å². The van der Waals surface area contributed by atoms with Crippen molar-refractivity contribution in [2.24, 2.45) is 0 Å². The van der Waals surface area contributed by atoms with Crippen molar-refractivity contribution in [2.75, 3.05) is 38.2 Å². The predicted octanol–water partition coefficient (Wildman–Crippen LogP) is 3.22. The van der Waals surface area contributed by atoms with Gasteiger partial charge in [0, 0.05) is 32.6 Å².